The molecule has 0 saturated heterocycles. The fourth-order valence-corrected chi connectivity index (χ4v) is 1.58. The lowest BCUT2D eigenvalue weighted by Gasteiger charge is -2.06. The van der Waals surface area contributed by atoms with Crippen molar-refractivity contribution >= 4 is 33.3 Å². The normalized spacial score (nSPS) is 9.31. The zero-order chi connectivity index (χ0) is 12.1. The van der Waals surface area contributed by atoms with Crippen molar-refractivity contribution in [2.75, 3.05) is 5.32 Å². The van der Waals surface area contributed by atoms with Crippen molar-refractivity contribution < 1.29 is 9.59 Å². The minimum absolute atomic E-state index is 0.0457. The van der Waals surface area contributed by atoms with Crippen molar-refractivity contribution in [1.29, 1.82) is 5.26 Å². The number of Topliss-reactive ketones (excluding diaryl/α,β-unsaturated/α-hetero) is 1. The van der Waals surface area contributed by atoms with E-state index in [1.165, 1.54) is 6.92 Å². The molecule has 0 radical (unpaired) electrons. The van der Waals surface area contributed by atoms with E-state index in [4.69, 9.17) is 5.26 Å². The second-order valence-corrected chi connectivity index (χ2v) is 3.99. The zero-order valence-electron chi connectivity index (χ0n) is 8.58. The Balaban J connectivity index is 2.88. The van der Waals surface area contributed by atoms with Gasteiger partial charge in [-0.25, -0.2) is 0 Å². The molecule has 1 rings (SSSR count). The molecule has 5 heteroatoms. The maximum absolute atomic E-state index is 11.2. The van der Waals surface area contributed by atoms with Crippen LogP contribution >= 0.6 is 15.9 Å². The third-order valence-electron chi connectivity index (χ3n) is 1.89. The number of rotatable bonds is 3. The van der Waals surface area contributed by atoms with Crippen LogP contribution in [0.3, 0.4) is 0 Å². The Morgan fingerprint density at radius 2 is 2.19 bits per heavy atom. The average molecular weight is 281 g/mol. The Labute approximate surface area is 101 Å². The number of anilines is 1. The van der Waals surface area contributed by atoms with Gasteiger partial charge in [0.05, 0.1) is 11.8 Å². The first-order valence-electron chi connectivity index (χ1n) is 4.52. The molecule has 0 aliphatic carbocycles. The highest BCUT2D eigenvalue weighted by molar-refractivity contribution is 9.10. The van der Waals surface area contributed by atoms with E-state index >= 15 is 0 Å². The van der Waals surface area contributed by atoms with Crippen LogP contribution in [-0.4, -0.2) is 11.7 Å². The summed E-state index contributed by atoms with van der Waals surface area (Å²) in [7, 11) is 0. The van der Waals surface area contributed by atoms with Gasteiger partial charge in [-0.2, -0.15) is 5.26 Å². The van der Waals surface area contributed by atoms with Gasteiger partial charge in [0.25, 0.3) is 0 Å². The van der Waals surface area contributed by atoms with Gasteiger partial charge >= 0.3 is 0 Å². The maximum Gasteiger partial charge on any atom is 0.238 e. The van der Waals surface area contributed by atoms with E-state index < -0.39 is 0 Å². The number of hydrogen-bond donors (Lipinski definition) is 1. The summed E-state index contributed by atoms with van der Waals surface area (Å²) in [5.41, 5.74) is 1.11. The molecule has 1 aromatic carbocycles. The lowest BCUT2D eigenvalue weighted by atomic mass is 10.1. The summed E-state index contributed by atoms with van der Waals surface area (Å²) in [4.78, 5) is 22.2. The van der Waals surface area contributed by atoms with Crippen LogP contribution in [-0.2, 0) is 4.79 Å². The first-order chi connectivity index (χ1) is 7.54. The number of ketones is 1. The van der Waals surface area contributed by atoms with Gasteiger partial charge in [0.2, 0.25) is 5.91 Å². The van der Waals surface area contributed by atoms with Crippen LogP contribution in [0.5, 0.6) is 0 Å². The average Bonchev–Trinajstić information content (AvgIpc) is 2.21. The van der Waals surface area contributed by atoms with Crippen molar-refractivity contribution in [2.24, 2.45) is 0 Å². The topological polar surface area (TPSA) is 70.0 Å². The summed E-state index contributed by atoms with van der Waals surface area (Å²) < 4.78 is 0.617. The van der Waals surface area contributed by atoms with E-state index in [1.807, 2.05) is 0 Å². The van der Waals surface area contributed by atoms with E-state index in [0.717, 1.165) is 0 Å². The second-order valence-electron chi connectivity index (χ2n) is 3.13. The summed E-state index contributed by atoms with van der Waals surface area (Å²) in [6, 6.07) is 6.63. The Bertz CT molecular complexity index is 477. The molecule has 0 bridgehead atoms. The predicted molar refractivity (Wildman–Crippen MR) is 63.0 cm³/mol. The summed E-state index contributed by atoms with van der Waals surface area (Å²) in [6.07, 6.45) is -0.194. The second kappa shape index (κ2) is 5.42. The summed E-state index contributed by atoms with van der Waals surface area (Å²) in [5.74, 6) is -0.422. The lowest BCUT2D eigenvalue weighted by molar-refractivity contribution is -0.115. The van der Waals surface area contributed by atoms with Gasteiger partial charge in [0.1, 0.15) is 6.42 Å². The molecule has 1 amide bonds. The van der Waals surface area contributed by atoms with Crippen LogP contribution in [0.1, 0.15) is 23.7 Å². The number of amides is 1. The number of nitrogens with one attached hydrogen (secondary N) is 1. The molecule has 0 spiro atoms. The monoisotopic (exact) mass is 280 g/mol. The lowest BCUT2D eigenvalue weighted by Crippen LogP contribution is -2.10. The molecule has 82 valence electrons. The molecule has 0 aliphatic heterocycles. The summed E-state index contributed by atoms with van der Waals surface area (Å²) in [6.45, 7) is 1.47. The van der Waals surface area contributed by atoms with Gasteiger partial charge in [-0.3, -0.25) is 9.59 Å². The van der Waals surface area contributed by atoms with Crippen LogP contribution in [0.4, 0.5) is 5.69 Å². The molecule has 4 nitrogen and oxygen atoms in total. The molecule has 1 N–H and O–H groups in total. The van der Waals surface area contributed by atoms with Gasteiger partial charge in [-0.05, 0) is 41.1 Å². The largest absolute Gasteiger partial charge is 0.324 e. The molecule has 0 atom stereocenters. The SMILES string of the molecule is CC(=O)c1ccc(NC(=O)CC#N)c(Br)c1. The molecule has 1 aromatic rings. The number of nitrogens with zero attached hydrogens (tertiary/aromatic N) is 1. The van der Waals surface area contributed by atoms with Gasteiger partial charge in [0, 0.05) is 10.0 Å². The summed E-state index contributed by atoms with van der Waals surface area (Å²) >= 11 is 3.25. The molecular formula is C11H9BrN2O2. The van der Waals surface area contributed by atoms with E-state index in [9.17, 15) is 9.59 Å². The van der Waals surface area contributed by atoms with E-state index in [-0.39, 0.29) is 18.1 Å². The van der Waals surface area contributed by atoms with Gasteiger partial charge < -0.3 is 5.32 Å². The van der Waals surface area contributed by atoms with Gasteiger partial charge in [-0.15, -0.1) is 0 Å². The molecule has 16 heavy (non-hydrogen) atoms. The van der Waals surface area contributed by atoms with Crippen molar-refractivity contribution in [3.05, 3.63) is 28.2 Å². The number of hydrogen-bond acceptors (Lipinski definition) is 3. The quantitative estimate of drug-likeness (QED) is 0.865. The molecule has 0 saturated carbocycles. The van der Waals surface area contributed by atoms with Crippen LogP contribution < -0.4 is 5.32 Å². The van der Waals surface area contributed by atoms with E-state index in [0.29, 0.717) is 15.7 Å². The molecule has 0 heterocycles. The first-order valence-corrected chi connectivity index (χ1v) is 5.31. The predicted octanol–water partition coefficient (Wildman–Crippen LogP) is 2.50. The highest BCUT2D eigenvalue weighted by Gasteiger charge is 2.07. The third kappa shape index (κ3) is 3.17. The minimum atomic E-state index is -0.376. The Kier molecular flexibility index (Phi) is 4.20. The highest BCUT2D eigenvalue weighted by Crippen LogP contribution is 2.23. The number of carbonyl (C=O) groups is 2. The van der Waals surface area contributed by atoms with Crippen molar-refractivity contribution in [3.63, 3.8) is 0 Å². The maximum atomic E-state index is 11.2. The smallest absolute Gasteiger partial charge is 0.238 e. The fraction of sp³-hybridized carbons (Fsp3) is 0.182. The zero-order valence-corrected chi connectivity index (χ0v) is 10.2. The number of halogens is 1. The molecule has 0 aromatic heterocycles. The summed E-state index contributed by atoms with van der Waals surface area (Å²) in [5, 5.41) is 10.9. The van der Waals surface area contributed by atoms with Crippen molar-refractivity contribution in [1.82, 2.24) is 0 Å². The Morgan fingerprint density at radius 3 is 2.69 bits per heavy atom. The van der Waals surface area contributed by atoms with Gasteiger partial charge in [-0.1, -0.05) is 0 Å². The molecular weight excluding hydrogens is 272 g/mol. The first kappa shape index (κ1) is 12.4. The number of carbonyl (C=O) groups excluding carboxylic acids is 2. The number of nitriles is 1. The van der Waals surface area contributed by atoms with Crippen LogP contribution in [0.15, 0.2) is 22.7 Å². The Hall–Kier alpha value is -1.67. The van der Waals surface area contributed by atoms with E-state index in [1.54, 1.807) is 24.3 Å². The van der Waals surface area contributed by atoms with Crippen molar-refractivity contribution in [3.8, 4) is 6.07 Å². The van der Waals surface area contributed by atoms with E-state index in [2.05, 4.69) is 21.2 Å². The van der Waals surface area contributed by atoms with Gasteiger partial charge in [0.15, 0.2) is 5.78 Å². The third-order valence-corrected chi connectivity index (χ3v) is 2.55. The minimum Gasteiger partial charge on any atom is -0.324 e. The molecule has 0 fully saturated rings. The highest BCUT2D eigenvalue weighted by atomic mass is 79.9. The number of benzene rings is 1. The van der Waals surface area contributed by atoms with Crippen LogP contribution in [0, 0.1) is 11.3 Å². The van der Waals surface area contributed by atoms with Crippen LogP contribution in [0.25, 0.3) is 0 Å². The fourth-order valence-electron chi connectivity index (χ4n) is 1.10. The molecule has 0 aliphatic rings. The molecule has 0 unspecified atom stereocenters. The standard InChI is InChI=1S/C11H9BrN2O2/c1-7(15)8-2-3-10(9(12)6-8)14-11(16)4-5-13/h2-3,6H,4H2,1H3,(H,14,16). The Morgan fingerprint density at radius 1 is 1.50 bits per heavy atom. The van der Waals surface area contributed by atoms with Crippen molar-refractivity contribution in [2.45, 2.75) is 13.3 Å². The van der Waals surface area contributed by atoms with Crippen LogP contribution in [0.2, 0.25) is 0 Å².